The first kappa shape index (κ1) is 11.0. The highest BCUT2D eigenvalue weighted by Gasteiger charge is 2.14. The molecule has 0 atom stereocenters. The molecule has 2 N–H and O–H groups in total. The van der Waals surface area contributed by atoms with E-state index < -0.39 is 0 Å². The number of para-hydroxylation sites is 1. The molecule has 0 fully saturated rings. The van der Waals surface area contributed by atoms with Crippen LogP contribution in [-0.4, -0.2) is 19.5 Å². The molecule has 0 aliphatic rings. The largest absolute Gasteiger partial charge is 0.382 e. The minimum Gasteiger partial charge on any atom is -0.382 e. The van der Waals surface area contributed by atoms with E-state index in [1.807, 2.05) is 41.8 Å². The van der Waals surface area contributed by atoms with E-state index in [1.165, 1.54) is 0 Å². The Hall–Kier alpha value is -2.14. The van der Waals surface area contributed by atoms with Crippen molar-refractivity contribution in [2.45, 2.75) is 6.92 Å². The highest BCUT2D eigenvalue weighted by Crippen LogP contribution is 2.23. The summed E-state index contributed by atoms with van der Waals surface area (Å²) in [5, 5.41) is 0.122. The number of nitrogens with two attached hydrogens (primary N) is 1. The molecule has 0 saturated heterocycles. The van der Waals surface area contributed by atoms with Crippen LogP contribution in [-0.2, 0) is 0 Å². The van der Waals surface area contributed by atoms with Gasteiger partial charge in [0, 0.05) is 5.69 Å². The molecule has 2 aromatic heterocycles. The van der Waals surface area contributed by atoms with Crippen LogP contribution >= 0.6 is 11.6 Å². The van der Waals surface area contributed by atoms with E-state index >= 15 is 0 Å². The fraction of sp³-hybridized carbons (Fsp3) is 0.0833. The summed E-state index contributed by atoms with van der Waals surface area (Å²) < 4.78 is 1.90. The lowest BCUT2D eigenvalue weighted by Crippen LogP contribution is -1.99. The Morgan fingerprint density at radius 1 is 1.11 bits per heavy atom. The van der Waals surface area contributed by atoms with Gasteiger partial charge < -0.3 is 5.73 Å². The summed E-state index contributed by atoms with van der Waals surface area (Å²) in [6.07, 6.45) is 0. The number of rotatable bonds is 1. The average molecular weight is 260 g/mol. The van der Waals surface area contributed by atoms with Gasteiger partial charge in [0.15, 0.2) is 17.0 Å². The highest BCUT2D eigenvalue weighted by molar-refractivity contribution is 6.28. The van der Waals surface area contributed by atoms with Crippen molar-refractivity contribution in [3.05, 3.63) is 41.4 Å². The number of benzene rings is 1. The van der Waals surface area contributed by atoms with E-state index in [4.69, 9.17) is 17.3 Å². The third-order valence-corrected chi connectivity index (χ3v) is 2.86. The molecule has 2 heterocycles. The van der Waals surface area contributed by atoms with Crippen molar-refractivity contribution in [3.63, 3.8) is 0 Å². The van der Waals surface area contributed by atoms with Gasteiger partial charge in [0.25, 0.3) is 0 Å². The van der Waals surface area contributed by atoms with E-state index in [0.29, 0.717) is 17.0 Å². The number of fused-ring (bicyclic) bond motifs is 1. The van der Waals surface area contributed by atoms with Gasteiger partial charge in [-0.05, 0) is 30.7 Å². The maximum Gasteiger partial charge on any atom is 0.226 e. The molecule has 0 aliphatic carbocycles. The summed E-state index contributed by atoms with van der Waals surface area (Å²) >= 11 is 5.85. The molecule has 0 saturated carbocycles. The Balaban J connectivity index is 2.39. The summed E-state index contributed by atoms with van der Waals surface area (Å²) in [5.74, 6) is 1.09. The molecular weight excluding hydrogens is 250 g/mol. The van der Waals surface area contributed by atoms with Gasteiger partial charge in [0.2, 0.25) is 5.28 Å². The first-order valence-corrected chi connectivity index (χ1v) is 5.78. The minimum atomic E-state index is 0.122. The number of nitrogen functional groups attached to an aromatic ring is 1. The molecule has 3 rings (SSSR count). The van der Waals surface area contributed by atoms with Gasteiger partial charge in [-0.2, -0.15) is 9.97 Å². The number of aromatic nitrogens is 4. The van der Waals surface area contributed by atoms with Crippen molar-refractivity contribution in [2.75, 3.05) is 5.73 Å². The number of halogens is 1. The van der Waals surface area contributed by atoms with Gasteiger partial charge in [-0.25, -0.2) is 4.98 Å². The Labute approximate surface area is 108 Å². The van der Waals surface area contributed by atoms with E-state index in [0.717, 1.165) is 11.5 Å². The van der Waals surface area contributed by atoms with Crippen molar-refractivity contribution < 1.29 is 0 Å². The number of aryl methyl sites for hydroxylation is 1. The van der Waals surface area contributed by atoms with Gasteiger partial charge in [0.05, 0.1) is 0 Å². The fourth-order valence-corrected chi connectivity index (χ4v) is 2.12. The number of imidazole rings is 1. The van der Waals surface area contributed by atoms with E-state index in [2.05, 4.69) is 15.0 Å². The summed E-state index contributed by atoms with van der Waals surface area (Å²) in [6, 6.07) is 9.80. The predicted molar refractivity (Wildman–Crippen MR) is 70.8 cm³/mol. The summed E-state index contributed by atoms with van der Waals surface area (Å²) in [7, 11) is 0. The van der Waals surface area contributed by atoms with Crippen LogP contribution in [0.25, 0.3) is 16.9 Å². The molecule has 90 valence electrons. The first-order valence-electron chi connectivity index (χ1n) is 5.40. The Kier molecular flexibility index (Phi) is 2.41. The second-order valence-corrected chi connectivity index (χ2v) is 4.22. The average Bonchev–Trinajstić information content (AvgIpc) is 2.67. The zero-order valence-electron chi connectivity index (χ0n) is 9.63. The minimum absolute atomic E-state index is 0.122. The van der Waals surface area contributed by atoms with Crippen LogP contribution in [0.4, 0.5) is 5.82 Å². The standard InChI is InChI=1S/C12H10ClN5/c1-7-15-9-10(14)16-12(13)17-11(9)18(7)8-5-3-2-4-6-8/h2-6H,1H3,(H2,14,16,17). The molecule has 18 heavy (non-hydrogen) atoms. The monoisotopic (exact) mass is 259 g/mol. The predicted octanol–water partition coefficient (Wildman–Crippen LogP) is 2.36. The van der Waals surface area contributed by atoms with Crippen molar-refractivity contribution in [2.24, 2.45) is 0 Å². The first-order chi connectivity index (χ1) is 8.66. The SMILES string of the molecule is Cc1nc2c(N)nc(Cl)nc2n1-c1ccccc1. The molecule has 3 aromatic rings. The number of anilines is 1. The Morgan fingerprint density at radius 2 is 1.83 bits per heavy atom. The highest BCUT2D eigenvalue weighted by atomic mass is 35.5. The van der Waals surface area contributed by atoms with E-state index in [9.17, 15) is 0 Å². The van der Waals surface area contributed by atoms with Crippen LogP contribution in [0.5, 0.6) is 0 Å². The lowest BCUT2D eigenvalue weighted by atomic mass is 10.3. The van der Waals surface area contributed by atoms with Gasteiger partial charge in [-0.15, -0.1) is 0 Å². The second-order valence-electron chi connectivity index (χ2n) is 3.88. The van der Waals surface area contributed by atoms with Gasteiger partial charge >= 0.3 is 0 Å². The lowest BCUT2D eigenvalue weighted by molar-refractivity contribution is 0.985. The normalized spacial score (nSPS) is 11.0. The van der Waals surface area contributed by atoms with Crippen LogP contribution in [0.3, 0.4) is 0 Å². The molecule has 6 heteroatoms. The van der Waals surface area contributed by atoms with Crippen molar-refractivity contribution in [1.82, 2.24) is 19.5 Å². The van der Waals surface area contributed by atoms with Crippen LogP contribution < -0.4 is 5.73 Å². The smallest absolute Gasteiger partial charge is 0.226 e. The van der Waals surface area contributed by atoms with Gasteiger partial charge in [-0.1, -0.05) is 18.2 Å². The fourth-order valence-electron chi connectivity index (χ4n) is 1.95. The second kappa shape index (κ2) is 3.96. The molecule has 0 spiro atoms. The summed E-state index contributed by atoms with van der Waals surface area (Å²) in [4.78, 5) is 12.5. The maximum absolute atomic E-state index is 5.85. The van der Waals surface area contributed by atoms with Gasteiger partial charge in [-0.3, -0.25) is 4.57 Å². The molecule has 1 aromatic carbocycles. The zero-order valence-corrected chi connectivity index (χ0v) is 10.4. The third-order valence-electron chi connectivity index (χ3n) is 2.69. The maximum atomic E-state index is 5.85. The molecular formula is C12H10ClN5. The van der Waals surface area contributed by atoms with Crippen molar-refractivity contribution in [1.29, 1.82) is 0 Å². The molecule has 0 aliphatic heterocycles. The molecule has 5 nitrogen and oxygen atoms in total. The van der Waals surface area contributed by atoms with Crippen LogP contribution in [0.15, 0.2) is 30.3 Å². The van der Waals surface area contributed by atoms with Crippen LogP contribution in [0.2, 0.25) is 5.28 Å². The topological polar surface area (TPSA) is 69.6 Å². The summed E-state index contributed by atoms with van der Waals surface area (Å²) in [6.45, 7) is 1.89. The van der Waals surface area contributed by atoms with Gasteiger partial charge in [0.1, 0.15) is 5.82 Å². The lowest BCUT2D eigenvalue weighted by Gasteiger charge is -2.05. The van der Waals surface area contributed by atoms with Crippen LogP contribution in [0.1, 0.15) is 5.82 Å². The van der Waals surface area contributed by atoms with Crippen molar-refractivity contribution in [3.8, 4) is 5.69 Å². The van der Waals surface area contributed by atoms with Crippen molar-refractivity contribution >= 4 is 28.6 Å². The van der Waals surface area contributed by atoms with E-state index in [1.54, 1.807) is 0 Å². The van der Waals surface area contributed by atoms with Crippen LogP contribution in [0, 0.1) is 6.92 Å². The number of nitrogens with zero attached hydrogens (tertiary/aromatic N) is 4. The third kappa shape index (κ3) is 1.60. The molecule has 0 unspecified atom stereocenters. The summed E-state index contributed by atoms with van der Waals surface area (Å²) in [5.41, 5.74) is 7.96. The number of hydrogen-bond donors (Lipinski definition) is 1. The quantitative estimate of drug-likeness (QED) is 0.681. The molecule has 0 bridgehead atoms. The Morgan fingerprint density at radius 3 is 2.56 bits per heavy atom. The zero-order chi connectivity index (χ0) is 12.7. The molecule has 0 amide bonds. The van der Waals surface area contributed by atoms with E-state index in [-0.39, 0.29) is 5.28 Å². The number of hydrogen-bond acceptors (Lipinski definition) is 4. The Bertz CT molecular complexity index is 720. The molecule has 0 radical (unpaired) electrons.